The Balaban J connectivity index is 2.00. The molecular formula is C14H12BrClFNO. The van der Waals surface area contributed by atoms with Crippen molar-refractivity contribution in [3.05, 3.63) is 63.3 Å². The van der Waals surface area contributed by atoms with Gasteiger partial charge in [0.15, 0.2) is 0 Å². The van der Waals surface area contributed by atoms with Gasteiger partial charge in [0.2, 0.25) is 0 Å². The Bertz CT molecular complexity index is 562. The third-order valence-electron chi connectivity index (χ3n) is 2.67. The van der Waals surface area contributed by atoms with Crippen LogP contribution in [-0.4, -0.2) is 11.7 Å². The average Bonchev–Trinajstić information content (AvgIpc) is 2.38. The van der Waals surface area contributed by atoms with Crippen molar-refractivity contribution in [1.29, 1.82) is 0 Å². The summed E-state index contributed by atoms with van der Waals surface area (Å²) in [5.74, 6) is -0.363. The quantitative estimate of drug-likeness (QED) is 0.862. The largest absolute Gasteiger partial charge is 0.387 e. The molecule has 0 saturated carbocycles. The van der Waals surface area contributed by atoms with Crippen LogP contribution in [0, 0.1) is 5.82 Å². The fourth-order valence-electron chi connectivity index (χ4n) is 1.64. The SMILES string of the molecule is OC(CNc1ccc(Br)cc1F)c1ccc(Cl)cc1. The van der Waals surface area contributed by atoms with Gasteiger partial charge in [-0.25, -0.2) is 4.39 Å². The second kappa shape index (κ2) is 6.37. The van der Waals surface area contributed by atoms with Crippen molar-refractivity contribution in [3.8, 4) is 0 Å². The molecule has 19 heavy (non-hydrogen) atoms. The molecule has 2 N–H and O–H groups in total. The van der Waals surface area contributed by atoms with E-state index in [-0.39, 0.29) is 12.4 Å². The molecule has 2 rings (SSSR count). The van der Waals surface area contributed by atoms with Crippen molar-refractivity contribution in [2.45, 2.75) is 6.10 Å². The van der Waals surface area contributed by atoms with Gasteiger partial charge >= 0.3 is 0 Å². The van der Waals surface area contributed by atoms with Gasteiger partial charge in [0.05, 0.1) is 11.8 Å². The van der Waals surface area contributed by atoms with Crippen LogP contribution in [0.5, 0.6) is 0 Å². The first-order chi connectivity index (χ1) is 9.06. The maximum Gasteiger partial charge on any atom is 0.147 e. The number of aliphatic hydroxyl groups excluding tert-OH is 1. The monoisotopic (exact) mass is 343 g/mol. The van der Waals surface area contributed by atoms with E-state index >= 15 is 0 Å². The van der Waals surface area contributed by atoms with E-state index in [4.69, 9.17) is 11.6 Å². The molecule has 0 bridgehead atoms. The standard InChI is InChI=1S/C14H12BrClFNO/c15-10-3-6-13(12(17)7-10)18-8-14(19)9-1-4-11(16)5-2-9/h1-7,14,18-19H,8H2. The minimum Gasteiger partial charge on any atom is -0.387 e. The van der Waals surface area contributed by atoms with Crippen molar-refractivity contribution >= 4 is 33.2 Å². The highest BCUT2D eigenvalue weighted by Gasteiger charge is 2.09. The fourth-order valence-corrected chi connectivity index (χ4v) is 2.10. The Kier molecular flexibility index (Phi) is 4.80. The molecule has 0 aliphatic carbocycles. The molecule has 5 heteroatoms. The van der Waals surface area contributed by atoms with Gasteiger partial charge in [-0.2, -0.15) is 0 Å². The summed E-state index contributed by atoms with van der Waals surface area (Å²) in [6.45, 7) is 0.222. The molecule has 0 amide bonds. The van der Waals surface area contributed by atoms with Gasteiger partial charge < -0.3 is 10.4 Å². The fraction of sp³-hybridized carbons (Fsp3) is 0.143. The first kappa shape index (κ1) is 14.3. The van der Waals surface area contributed by atoms with E-state index in [1.807, 2.05) is 0 Å². The minimum absolute atomic E-state index is 0.222. The average molecular weight is 345 g/mol. The van der Waals surface area contributed by atoms with E-state index in [1.54, 1.807) is 36.4 Å². The van der Waals surface area contributed by atoms with Gasteiger partial charge in [0, 0.05) is 16.0 Å². The van der Waals surface area contributed by atoms with E-state index in [2.05, 4.69) is 21.2 Å². The van der Waals surface area contributed by atoms with Gasteiger partial charge in [-0.05, 0) is 35.9 Å². The Labute approximate surface area is 124 Å². The summed E-state index contributed by atoms with van der Waals surface area (Å²) >= 11 is 8.96. The summed E-state index contributed by atoms with van der Waals surface area (Å²) in [6, 6.07) is 11.6. The first-order valence-corrected chi connectivity index (χ1v) is 6.86. The van der Waals surface area contributed by atoms with Crippen LogP contribution < -0.4 is 5.32 Å². The van der Waals surface area contributed by atoms with Crippen LogP contribution in [0.4, 0.5) is 10.1 Å². The summed E-state index contributed by atoms with van der Waals surface area (Å²) < 4.78 is 14.2. The molecule has 1 unspecified atom stereocenters. The van der Waals surface area contributed by atoms with Gasteiger partial charge in [-0.3, -0.25) is 0 Å². The molecule has 0 fully saturated rings. The molecule has 0 spiro atoms. The van der Waals surface area contributed by atoms with Crippen molar-refractivity contribution in [2.75, 3.05) is 11.9 Å². The van der Waals surface area contributed by atoms with Crippen molar-refractivity contribution in [2.24, 2.45) is 0 Å². The molecule has 2 aromatic carbocycles. The third kappa shape index (κ3) is 3.93. The Morgan fingerprint density at radius 3 is 2.53 bits per heavy atom. The van der Waals surface area contributed by atoms with Crippen LogP contribution in [0.1, 0.15) is 11.7 Å². The van der Waals surface area contributed by atoms with Gasteiger partial charge in [-0.15, -0.1) is 0 Å². The van der Waals surface area contributed by atoms with E-state index in [0.717, 1.165) is 5.56 Å². The number of halogens is 3. The van der Waals surface area contributed by atoms with E-state index < -0.39 is 6.10 Å². The highest BCUT2D eigenvalue weighted by molar-refractivity contribution is 9.10. The van der Waals surface area contributed by atoms with Crippen molar-refractivity contribution in [1.82, 2.24) is 0 Å². The Hall–Kier alpha value is -1.10. The van der Waals surface area contributed by atoms with Gasteiger partial charge in [0.25, 0.3) is 0 Å². The molecule has 2 nitrogen and oxygen atoms in total. The zero-order chi connectivity index (χ0) is 13.8. The summed E-state index contributed by atoms with van der Waals surface area (Å²) in [5.41, 5.74) is 1.09. The number of benzene rings is 2. The summed E-state index contributed by atoms with van der Waals surface area (Å²) in [5, 5.41) is 13.5. The van der Waals surface area contributed by atoms with Gasteiger partial charge in [0.1, 0.15) is 5.82 Å². The van der Waals surface area contributed by atoms with Crippen molar-refractivity contribution < 1.29 is 9.50 Å². The van der Waals surface area contributed by atoms with Crippen LogP contribution in [-0.2, 0) is 0 Å². The first-order valence-electron chi connectivity index (χ1n) is 5.69. The zero-order valence-electron chi connectivity index (χ0n) is 9.91. The Morgan fingerprint density at radius 2 is 1.89 bits per heavy atom. The maximum atomic E-state index is 13.6. The number of hydrogen-bond acceptors (Lipinski definition) is 2. The molecule has 0 aromatic heterocycles. The second-order valence-corrected chi connectivity index (χ2v) is 5.42. The summed E-state index contributed by atoms with van der Waals surface area (Å²) in [7, 11) is 0. The van der Waals surface area contributed by atoms with Crippen LogP contribution in [0.3, 0.4) is 0 Å². The van der Waals surface area contributed by atoms with Crippen LogP contribution >= 0.6 is 27.5 Å². The highest BCUT2D eigenvalue weighted by Crippen LogP contribution is 2.21. The van der Waals surface area contributed by atoms with Gasteiger partial charge in [-0.1, -0.05) is 39.7 Å². The lowest BCUT2D eigenvalue weighted by atomic mass is 10.1. The molecule has 100 valence electrons. The number of anilines is 1. The predicted octanol–water partition coefficient (Wildman–Crippen LogP) is 4.39. The molecule has 0 aliphatic heterocycles. The van der Waals surface area contributed by atoms with Crippen LogP contribution in [0.25, 0.3) is 0 Å². The number of rotatable bonds is 4. The van der Waals surface area contributed by atoms with Crippen LogP contribution in [0.2, 0.25) is 5.02 Å². The molecule has 0 heterocycles. The summed E-state index contributed by atoms with van der Waals surface area (Å²) in [6.07, 6.45) is -0.722. The highest BCUT2D eigenvalue weighted by atomic mass is 79.9. The third-order valence-corrected chi connectivity index (χ3v) is 3.42. The van der Waals surface area contributed by atoms with Crippen LogP contribution in [0.15, 0.2) is 46.9 Å². The lowest BCUT2D eigenvalue weighted by molar-refractivity contribution is 0.191. The molecule has 0 radical (unpaired) electrons. The smallest absolute Gasteiger partial charge is 0.147 e. The Morgan fingerprint density at radius 1 is 1.21 bits per heavy atom. The predicted molar refractivity (Wildman–Crippen MR) is 79.0 cm³/mol. The lowest BCUT2D eigenvalue weighted by Crippen LogP contribution is -2.12. The van der Waals surface area contributed by atoms with E-state index in [9.17, 15) is 9.50 Å². The second-order valence-electron chi connectivity index (χ2n) is 4.07. The maximum absolute atomic E-state index is 13.6. The van der Waals surface area contributed by atoms with E-state index in [0.29, 0.717) is 15.2 Å². The van der Waals surface area contributed by atoms with E-state index in [1.165, 1.54) is 6.07 Å². The molecule has 0 saturated heterocycles. The minimum atomic E-state index is -0.722. The molecule has 0 aliphatic rings. The number of nitrogens with one attached hydrogen (secondary N) is 1. The zero-order valence-corrected chi connectivity index (χ0v) is 12.2. The molecule has 2 aromatic rings. The van der Waals surface area contributed by atoms with Crippen molar-refractivity contribution in [3.63, 3.8) is 0 Å². The molecular weight excluding hydrogens is 333 g/mol. The molecule has 1 atom stereocenters. The number of aliphatic hydroxyl groups is 1. The lowest BCUT2D eigenvalue weighted by Gasteiger charge is -2.14. The topological polar surface area (TPSA) is 32.3 Å². The number of hydrogen-bond donors (Lipinski definition) is 2. The summed E-state index contributed by atoms with van der Waals surface area (Å²) in [4.78, 5) is 0. The normalized spacial score (nSPS) is 12.2.